The van der Waals surface area contributed by atoms with Crippen LogP contribution in [0.1, 0.15) is 28.7 Å². The van der Waals surface area contributed by atoms with Gasteiger partial charge in [-0.2, -0.15) is 0 Å². The maximum Gasteiger partial charge on any atom is 0.246 e. The second kappa shape index (κ2) is 7.22. The van der Waals surface area contributed by atoms with Crippen molar-refractivity contribution >= 4 is 22.1 Å². The molecule has 2 rings (SSSR count). The van der Waals surface area contributed by atoms with Crippen molar-refractivity contribution in [3.8, 4) is 0 Å². The molecule has 0 unspecified atom stereocenters. The van der Waals surface area contributed by atoms with Crippen molar-refractivity contribution in [2.45, 2.75) is 20.3 Å². The third-order valence-electron chi connectivity index (χ3n) is 3.48. The minimum atomic E-state index is 0.656. The molecular formula is C18H19OSi. The molecule has 0 fully saturated rings. The van der Waals surface area contributed by atoms with Gasteiger partial charge in [-0.3, -0.25) is 0 Å². The second-order valence-corrected chi connectivity index (χ2v) is 5.23. The average Bonchev–Trinajstić information content (AvgIpc) is 2.46. The molecule has 0 atom stereocenters. The lowest BCUT2D eigenvalue weighted by molar-refractivity contribution is 0.360. The Morgan fingerprint density at radius 2 is 1.65 bits per heavy atom. The molecule has 3 radical (unpaired) electrons. The van der Waals surface area contributed by atoms with Crippen molar-refractivity contribution in [2.75, 3.05) is 6.61 Å². The SMILES string of the molecule is Cc1ccccc1C=C(CCO[Si])c1ccccc1C. The number of aryl methyl sites for hydroxylation is 2. The molecule has 0 aromatic heterocycles. The Labute approximate surface area is 124 Å². The molecule has 0 aliphatic rings. The van der Waals surface area contributed by atoms with E-state index in [0.29, 0.717) is 6.61 Å². The van der Waals surface area contributed by atoms with Crippen LogP contribution >= 0.6 is 0 Å². The van der Waals surface area contributed by atoms with Gasteiger partial charge >= 0.3 is 0 Å². The summed E-state index contributed by atoms with van der Waals surface area (Å²) < 4.78 is 5.07. The van der Waals surface area contributed by atoms with E-state index in [-0.39, 0.29) is 0 Å². The van der Waals surface area contributed by atoms with Crippen LogP contribution in [0.4, 0.5) is 0 Å². The molecule has 0 spiro atoms. The summed E-state index contributed by atoms with van der Waals surface area (Å²) in [6.45, 7) is 4.94. The lowest BCUT2D eigenvalue weighted by atomic mass is 9.95. The highest BCUT2D eigenvalue weighted by molar-refractivity contribution is 5.98. The maximum absolute atomic E-state index is 5.07. The number of rotatable bonds is 5. The normalized spacial score (nSPS) is 11.7. The van der Waals surface area contributed by atoms with Crippen LogP contribution in [0, 0.1) is 13.8 Å². The Morgan fingerprint density at radius 1 is 1.00 bits per heavy atom. The van der Waals surface area contributed by atoms with Crippen molar-refractivity contribution in [1.82, 2.24) is 0 Å². The molecule has 0 heterocycles. The van der Waals surface area contributed by atoms with Gasteiger partial charge in [0.05, 0.1) is 0 Å². The first kappa shape index (κ1) is 14.8. The fraction of sp³-hybridized carbons (Fsp3) is 0.222. The van der Waals surface area contributed by atoms with E-state index in [9.17, 15) is 0 Å². The van der Waals surface area contributed by atoms with Crippen LogP contribution in [-0.4, -0.2) is 17.1 Å². The highest BCUT2D eigenvalue weighted by atomic mass is 28.2. The fourth-order valence-electron chi connectivity index (χ4n) is 2.32. The molecule has 2 aromatic rings. The summed E-state index contributed by atoms with van der Waals surface area (Å²) in [5.41, 5.74) is 6.44. The third kappa shape index (κ3) is 3.68. The molecule has 2 heteroatoms. The number of hydrogen-bond acceptors (Lipinski definition) is 1. The molecule has 0 amide bonds. The van der Waals surface area contributed by atoms with Gasteiger partial charge in [-0.05, 0) is 48.1 Å². The van der Waals surface area contributed by atoms with Crippen molar-refractivity contribution in [1.29, 1.82) is 0 Å². The van der Waals surface area contributed by atoms with Gasteiger partial charge in [0, 0.05) is 6.61 Å². The minimum absolute atomic E-state index is 0.656. The summed E-state index contributed by atoms with van der Waals surface area (Å²) in [6.07, 6.45) is 3.14. The lowest BCUT2D eigenvalue weighted by Gasteiger charge is -2.12. The molecule has 1 nitrogen and oxygen atoms in total. The summed E-state index contributed by atoms with van der Waals surface area (Å²) in [6, 6.07) is 16.9. The van der Waals surface area contributed by atoms with Crippen LogP contribution in [-0.2, 0) is 4.43 Å². The molecule has 0 saturated carbocycles. The van der Waals surface area contributed by atoms with E-state index in [1.807, 2.05) is 0 Å². The molecule has 0 N–H and O–H groups in total. The van der Waals surface area contributed by atoms with E-state index >= 15 is 0 Å². The Morgan fingerprint density at radius 3 is 2.30 bits per heavy atom. The van der Waals surface area contributed by atoms with Crippen LogP contribution in [0.25, 0.3) is 11.6 Å². The zero-order valence-electron chi connectivity index (χ0n) is 12.0. The monoisotopic (exact) mass is 279 g/mol. The van der Waals surface area contributed by atoms with Crippen molar-refractivity contribution < 1.29 is 4.43 Å². The Hall–Kier alpha value is -1.64. The van der Waals surface area contributed by atoms with Crippen molar-refractivity contribution in [3.63, 3.8) is 0 Å². The maximum atomic E-state index is 5.07. The van der Waals surface area contributed by atoms with Crippen LogP contribution in [0.5, 0.6) is 0 Å². The first-order chi connectivity index (χ1) is 9.72. The van der Waals surface area contributed by atoms with E-state index in [2.05, 4.69) is 78.9 Å². The zero-order valence-corrected chi connectivity index (χ0v) is 13.0. The van der Waals surface area contributed by atoms with Gasteiger partial charge in [-0.15, -0.1) is 0 Å². The standard InChI is InChI=1S/C18H19OSi/c1-14-7-3-5-9-16(14)13-17(11-12-19-20)18-10-6-4-8-15(18)2/h3-10,13H,11-12H2,1-2H3. The van der Waals surface area contributed by atoms with E-state index in [1.54, 1.807) is 0 Å². The summed E-state index contributed by atoms with van der Waals surface area (Å²) in [7, 11) is 3.09. The van der Waals surface area contributed by atoms with Gasteiger partial charge in [0.1, 0.15) is 0 Å². The molecule has 0 aliphatic heterocycles. The molecule has 20 heavy (non-hydrogen) atoms. The van der Waals surface area contributed by atoms with Crippen LogP contribution in [0.2, 0.25) is 0 Å². The predicted octanol–water partition coefficient (Wildman–Crippen LogP) is 4.33. The summed E-state index contributed by atoms with van der Waals surface area (Å²) in [5, 5.41) is 0. The van der Waals surface area contributed by atoms with Gasteiger partial charge in [-0.25, -0.2) is 0 Å². The summed E-state index contributed by atoms with van der Waals surface area (Å²) in [5.74, 6) is 0. The number of hydrogen-bond donors (Lipinski definition) is 0. The highest BCUT2D eigenvalue weighted by Crippen LogP contribution is 2.25. The van der Waals surface area contributed by atoms with Gasteiger partial charge < -0.3 is 4.43 Å². The van der Waals surface area contributed by atoms with Crippen molar-refractivity contribution in [3.05, 3.63) is 70.8 Å². The van der Waals surface area contributed by atoms with E-state index in [4.69, 9.17) is 4.43 Å². The fourth-order valence-corrected chi connectivity index (χ4v) is 2.42. The van der Waals surface area contributed by atoms with Gasteiger partial charge in [0.25, 0.3) is 0 Å². The van der Waals surface area contributed by atoms with Crippen LogP contribution in [0.15, 0.2) is 48.5 Å². The highest BCUT2D eigenvalue weighted by Gasteiger charge is 2.05. The van der Waals surface area contributed by atoms with Crippen molar-refractivity contribution in [2.24, 2.45) is 0 Å². The molecule has 0 saturated heterocycles. The molecule has 0 bridgehead atoms. The van der Waals surface area contributed by atoms with Gasteiger partial charge in [0.2, 0.25) is 10.5 Å². The van der Waals surface area contributed by atoms with Crippen LogP contribution in [0.3, 0.4) is 0 Å². The molecule has 101 valence electrons. The van der Waals surface area contributed by atoms with E-state index in [1.165, 1.54) is 27.8 Å². The Kier molecular flexibility index (Phi) is 5.33. The molecular weight excluding hydrogens is 260 g/mol. The third-order valence-corrected chi connectivity index (χ3v) is 3.69. The van der Waals surface area contributed by atoms with E-state index < -0.39 is 0 Å². The van der Waals surface area contributed by atoms with Gasteiger partial charge in [0.15, 0.2) is 0 Å². The average molecular weight is 279 g/mol. The largest absolute Gasteiger partial charge is 0.418 e. The first-order valence-corrected chi connectivity index (χ1v) is 7.24. The minimum Gasteiger partial charge on any atom is -0.418 e. The molecule has 2 aromatic carbocycles. The predicted molar refractivity (Wildman–Crippen MR) is 86.6 cm³/mol. The lowest BCUT2D eigenvalue weighted by Crippen LogP contribution is -1.96. The topological polar surface area (TPSA) is 9.23 Å². The Balaban J connectivity index is 2.43. The first-order valence-electron chi connectivity index (χ1n) is 6.83. The summed E-state index contributed by atoms with van der Waals surface area (Å²) in [4.78, 5) is 0. The molecule has 0 aliphatic carbocycles. The Bertz CT molecular complexity index is 602. The second-order valence-electron chi connectivity index (χ2n) is 4.94. The summed E-state index contributed by atoms with van der Waals surface area (Å²) >= 11 is 0. The number of benzene rings is 2. The van der Waals surface area contributed by atoms with E-state index in [0.717, 1.165) is 6.42 Å². The van der Waals surface area contributed by atoms with Crippen LogP contribution < -0.4 is 0 Å². The smallest absolute Gasteiger partial charge is 0.246 e. The van der Waals surface area contributed by atoms with Gasteiger partial charge in [-0.1, -0.05) is 54.6 Å². The quantitative estimate of drug-likeness (QED) is 0.584. The zero-order chi connectivity index (χ0) is 14.4.